The first-order valence-electron chi connectivity index (χ1n) is 5.18. The Bertz CT molecular complexity index is 384. The number of nitrogen functional groups attached to an aromatic ring is 1. The van der Waals surface area contributed by atoms with Gasteiger partial charge in [0.05, 0.1) is 0 Å². The van der Waals surface area contributed by atoms with Crippen LogP contribution in [0.4, 0.5) is 5.82 Å². The van der Waals surface area contributed by atoms with Gasteiger partial charge in [-0.1, -0.05) is 12.8 Å². The first kappa shape index (κ1) is 9.96. The summed E-state index contributed by atoms with van der Waals surface area (Å²) >= 11 is 0. The molecular weight excluding hydrogens is 192 g/mol. The van der Waals surface area contributed by atoms with E-state index in [1.165, 1.54) is 12.8 Å². The number of carboxylic acid groups (broad SMARTS) is 1. The molecule has 4 nitrogen and oxygen atoms in total. The maximum atomic E-state index is 11.1. The zero-order valence-electron chi connectivity index (χ0n) is 8.44. The van der Waals surface area contributed by atoms with Crippen LogP contribution in [0, 0.1) is 0 Å². The molecule has 1 fully saturated rings. The van der Waals surface area contributed by atoms with Gasteiger partial charge in [0.15, 0.2) is 0 Å². The quantitative estimate of drug-likeness (QED) is 0.776. The molecule has 0 saturated heterocycles. The van der Waals surface area contributed by atoms with Crippen LogP contribution >= 0.6 is 0 Å². The van der Waals surface area contributed by atoms with E-state index >= 15 is 0 Å². The zero-order valence-corrected chi connectivity index (χ0v) is 8.44. The lowest BCUT2D eigenvalue weighted by atomic mass is 9.94. The van der Waals surface area contributed by atoms with Gasteiger partial charge in [-0.2, -0.15) is 0 Å². The Hall–Kier alpha value is -1.58. The fourth-order valence-corrected chi connectivity index (χ4v) is 2.30. The first-order valence-corrected chi connectivity index (χ1v) is 5.18. The Labute approximate surface area is 88.1 Å². The molecule has 0 bridgehead atoms. The van der Waals surface area contributed by atoms with E-state index < -0.39 is 5.97 Å². The molecule has 1 aliphatic carbocycles. The number of hydrogen-bond donors (Lipinski definition) is 2. The van der Waals surface area contributed by atoms with Crippen molar-refractivity contribution in [2.75, 3.05) is 5.73 Å². The normalized spacial score (nSPS) is 16.8. The topological polar surface area (TPSA) is 76.2 Å². The first-order chi connectivity index (χ1) is 7.20. The van der Waals surface area contributed by atoms with Crippen LogP contribution in [0.1, 0.15) is 47.5 Å². The standard InChI is InChI=1S/C11H14N2O2/c12-10-9(11(14)15)8(5-6-13-10)7-3-1-2-4-7/h5-7H,1-4H2,(H2,12,13)(H,14,15). The third kappa shape index (κ3) is 1.79. The highest BCUT2D eigenvalue weighted by molar-refractivity contribution is 5.94. The smallest absolute Gasteiger partial charge is 0.339 e. The predicted molar refractivity (Wildman–Crippen MR) is 56.8 cm³/mol. The summed E-state index contributed by atoms with van der Waals surface area (Å²) < 4.78 is 0. The molecule has 15 heavy (non-hydrogen) atoms. The lowest BCUT2D eigenvalue weighted by molar-refractivity contribution is 0.0696. The maximum absolute atomic E-state index is 11.1. The van der Waals surface area contributed by atoms with Gasteiger partial charge in [0, 0.05) is 6.20 Å². The van der Waals surface area contributed by atoms with Crippen molar-refractivity contribution in [3.05, 3.63) is 23.4 Å². The van der Waals surface area contributed by atoms with E-state index in [0.29, 0.717) is 5.92 Å². The van der Waals surface area contributed by atoms with Gasteiger partial charge in [-0.3, -0.25) is 0 Å². The number of hydrogen-bond acceptors (Lipinski definition) is 3. The van der Waals surface area contributed by atoms with Crippen LogP contribution in [-0.4, -0.2) is 16.1 Å². The van der Waals surface area contributed by atoms with Crippen molar-refractivity contribution in [2.45, 2.75) is 31.6 Å². The number of aromatic carboxylic acids is 1. The molecule has 0 aliphatic heterocycles. The average Bonchev–Trinajstić information content (AvgIpc) is 2.69. The number of nitrogens with two attached hydrogens (primary N) is 1. The highest BCUT2D eigenvalue weighted by Gasteiger charge is 2.24. The molecule has 1 aromatic rings. The minimum atomic E-state index is -0.970. The summed E-state index contributed by atoms with van der Waals surface area (Å²) in [6, 6.07) is 1.79. The van der Waals surface area contributed by atoms with Crippen LogP contribution in [-0.2, 0) is 0 Å². The van der Waals surface area contributed by atoms with Crippen LogP contribution < -0.4 is 5.73 Å². The van der Waals surface area contributed by atoms with Gasteiger partial charge in [0.1, 0.15) is 11.4 Å². The number of rotatable bonds is 2. The molecule has 1 heterocycles. The fourth-order valence-electron chi connectivity index (χ4n) is 2.30. The molecule has 2 rings (SSSR count). The van der Waals surface area contributed by atoms with Crippen molar-refractivity contribution in [3.63, 3.8) is 0 Å². The molecule has 0 spiro atoms. The van der Waals surface area contributed by atoms with Crippen molar-refractivity contribution in [1.29, 1.82) is 0 Å². The molecule has 1 aliphatic rings. The molecule has 0 amide bonds. The predicted octanol–water partition coefficient (Wildman–Crippen LogP) is 2.02. The molecule has 0 aromatic carbocycles. The lowest BCUT2D eigenvalue weighted by Crippen LogP contribution is -2.10. The number of pyridine rings is 1. The van der Waals surface area contributed by atoms with Gasteiger partial charge in [-0.05, 0) is 30.4 Å². The number of nitrogens with zero attached hydrogens (tertiary/aromatic N) is 1. The Kier molecular flexibility index (Phi) is 2.58. The molecular formula is C11H14N2O2. The van der Waals surface area contributed by atoms with Crippen molar-refractivity contribution in [2.24, 2.45) is 0 Å². The molecule has 0 atom stereocenters. The van der Waals surface area contributed by atoms with Crippen LogP contribution in [0.2, 0.25) is 0 Å². The highest BCUT2D eigenvalue weighted by atomic mass is 16.4. The SMILES string of the molecule is Nc1nccc(C2CCCC2)c1C(=O)O. The van der Waals surface area contributed by atoms with Crippen molar-refractivity contribution >= 4 is 11.8 Å². The van der Waals surface area contributed by atoms with Gasteiger partial charge < -0.3 is 10.8 Å². The third-order valence-corrected chi connectivity index (χ3v) is 3.02. The van der Waals surface area contributed by atoms with Crippen molar-refractivity contribution in [3.8, 4) is 0 Å². The number of anilines is 1. The van der Waals surface area contributed by atoms with Gasteiger partial charge in [-0.25, -0.2) is 9.78 Å². The minimum absolute atomic E-state index is 0.131. The van der Waals surface area contributed by atoms with Gasteiger partial charge in [-0.15, -0.1) is 0 Å². The van der Waals surface area contributed by atoms with E-state index in [0.717, 1.165) is 18.4 Å². The van der Waals surface area contributed by atoms with E-state index in [-0.39, 0.29) is 11.4 Å². The third-order valence-electron chi connectivity index (χ3n) is 3.02. The Morgan fingerprint density at radius 2 is 2.13 bits per heavy atom. The van der Waals surface area contributed by atoms with Crippen LogP contribution in [0.15, 0.2) is 12.3 Å². The Morgan fingerprint density at radius 1 is 1.47 bits per heavy atom. The largest absolute Gasteiger partial charge is 0.478 e. The van der Waals surface area contributed by atoms with Crippen LogP contribution in [0.3, 0.4) is 0 Å². The second kappa shape index (κ2) is 3.88. The Balaban J connectivity index is 2.45. The molecule has 80 valence electrons. The highest BCUT2D eigenvalue weighted by Crippen LogP contribution is 2.36. The lowest BCUT2D eigenvalue weighted by Gasteiger charge is -2.13. The van der Waals surface area contributed by atoms with Gasteiger partial charge in [0.25, 0.3) is 0 Å². The molecule has 4 heteroatoms. The van der Waals surface area contributed by atoms with Crippen molar-refractivity contribution in [1.82, 2.24) is 4.98 Å². The summed E-state index contributed by atoms with van der Waals surface area (Å²) in [4.78, 5) is 14.9. The molecule has 1 saturated carbocycles. The summed E-state index contributed by atoms with van der Waals surface area (Å²) in [7, 11) is 0. The van der Waals surface area contributed by atoms with Gasteiger partial charge in [0.2, 0.25) is 0 Å². The maximum Gasteiger partial charge on any atom is 0.339 e. The minimum Gasteiger partial charge on any atom is -0.478 e. The second-order valence-corrected chi connectivity index (χ2v) is 3.95. The molecule has 0 unspecified atom stereocenters. The van der Waals surface area contributed by atoms with Crippen LogP contribution in [0.5, 0.6) is 0 Å². The summed E-state index contributed by atoms with van der Waals surface area (Å²) in [6.45, 7) is 0. The van der Waals surface area contributed by atoms with Crippen molar-refractivity contribution < 1.29 is 9.90 Å². The van der Waals surface area contributed by atoms with E-state index in [1.54, 1.807) is 12.3 Å². The summed E-state index contributed by atoms with van der Waals surface area (Å²) in [5.74, 6) is -0.490. The zero-order chi connectivity index (χ0) is 10.8. The monoisotopic (exact) mass is 206 g/mol. The summed E-state index contributed by atoms with van der Waals surface area (Å²) in [5, 5.41) is 9.09. The van der Waals surface area contributed by atoms with E-state index in [4.69, 9.17) is 10.8 Å². The average molecular weight is 206 g/mol. The van der Waals surface area contributed by atoms with Gasteiger partial charge >= 0.3 is 5.97 Å². The fraction of sp³-hybridized carbons (Fsp3) is 0.455. The number of carboxylic acids is 1. The summed E-state index contributed by atoms with van der Waals surface area (Å²) in [5.41, 5.74) is 6.65. The van der Waals surface area contributed by atoms with Crippen LogP contribution in [0.25, 0.3) is 0 Å². The van der Waals surface area contributed by atoms with E-state index in [1.807, 2.05) is 0 Å². The second-order valence-electron chi connectivity index (χ2n) is 3.95. The Morgan fingerprint density at radius 3 is 2.73 bits per heavy atom. The molecule has 0 radical (unpaired) electrons. The molecule has 1 aromatic heterocycles. The van der Waals surface area contributed by atoms with E-state index in [2.05, 4.69) is 4.98 Å². The number of aromatic nitrogens is 1. The van der Waals surface area contributed by atoms with E-state index in [9.17, 15) is 4.79 Å². The molecule has 3 N–H and O–H groups in total. The summed E-state index contributed by atoms with van der Waals surface area (Å²) in [6.07, 6.45) is 6.06. The number of carbonyl (C=O) groups is 1.